The Morgan fingerprint density at radius 2 is 1.65 bits per heavy atom. The third kappa shape index (κ3) is 2.01. The molecule has 4 nitrogen and oxygen atoms in total. The summed E-state index contributed by atoms with van der Waals surface area (Å²) in [5.74, 6) is -1.89. The van der Waals surface area contributed by atoms with Gasteiger partial charge in [-0.1, -0.05) is 18.2 Å². The van der Waals surface area contributed by atoms with Gasteiger partial charge < -0.3 is 15.3 Å². The van der Waals surface area contributed by atoms with Crippen LogP contribution in [0.4, 0.5) is 0 Å². The van der Waals surface area contributed by atoms with Gasteiger partial charge in [0.15, 0.2) is 11.5 Å². The van der Waals surface area contributed by atoms with Crippen molar-refractivity contribution in [3.8, 4) is 11.5 Å². The Kier molecular flexibility index (Phi) is 2.63. The Balaban J connectivity index is 2.57. The first kappa shape index (κ1) is 11.3. The van der Waals surface area contributed by atoms with Gasteiger partial charge >= 0.3 is 5.97 Å². The fraction of sp³-hybridized carbons (Fsp3) is 0.154. The molecule has 17 heavy (non-hydrogen) atoms. The van der Waals surface area contributed by atoms with Gasteiger partial charge in [-0.3, -0.25) is 4.79 Å². The molecule has 0 aliphatic carbocycles. The highest BCUT2D eigenvalue weighted by Crippen LogP contribution is 2.31. The maximum absolute atomic E-state index is 10.9. The van der Waals surface area contributed by atoms with E-state index in [1.807, 2.05) is 0 Å². The van der Waals surface area contributed by atoms with Crippen LogP contribution >= 0.6 is 0 Å². The van der Waals surface area contributed by atoms with Gasteiger partial charge in [-0.2, -0.15) is 0 Å². The first-order chi connectivity index (χ1) is 7.99. The molecule has 4 heteroatoms. The number of fused-ring (bicyclic) bond motifs is 1. The summed E-state index contributed by atoms with van der Waals surface area (Å²) in [6.07, 6.45) is 0. The summed E-state index contributed by atoms with van der Waals surface area (Å²) in [5, 5.41) is 29.1. The highest BCUT2D eigenvalue weighted by atomic mass is 16.4. The first-order valence-electron chi connectivity index (χ1n) is 5.17. The number of carbonyl (C=O) groups is 1. The second kappa shape index (κ2) is 3.97. The molecular weight excluding hydrogens is 220 g/mol. The summed E-state index contributed by atoms with van der Waals surface area (Å²) in [7, 11) is 0. The van der Waals surface area contributed by atoms with Gasteiger partial charge in [-0.05, 0) is 35.4 Å². The summed E-state index contributed by atoms with van der Waals surface area (Å²) in [5.41, 5.74) is 0.662. The lowest BCUT2D eigenvalue weighted by atomic mass is 9.98. The highest BCUT2D eigenvalue weighted by molar-refractivity contribution is 5.88. The van der Waals surface area contributed by atoms with Gasteiger partial charge in [-0.15, -0.1) is 0 Å². The summed E-state index contributed by atoms with van der Waals surface area (Å²) in [6, 6.07) is 8.00. The number of carboxylic acids is 1. The minimum absolute atomic E-state index is 0.184. The summed E-state index contributed by atoms with van der Waals surface area (Å²) in [4.78, 5) is 10.9. The number of carboxylic acid groups (broad SMARTS) is 1. The molecule has 0 aliphatic rings. The van der Waals surface area contributed by atoms with Crippen molar-refractivity contribution < 1.29 is 20.1 Å². The molecule has 0 radical (unpaired) electrons. The first-order valence-corrected chi connectivity index (χ1v) is 5.17. The molecule has 2 aromatic rings. The Morgan fingerprint density at radius 1 is 1.06 bits per heavy atom. The number of hydrogen-bond donors (Lipinski definition) is 3. The van der Waals surface area contributed by atoms with E-state index in [9.17, 15) is 15.0 Å². The van der Waals surface area contributed by atoms with Crippen LogP contribution in [0.1, 0.15) is 18.4 Å². The van der Waals surface area contributed by atoms with Crippen molar-refractivity contribution in [3.05, 3.63) is 35.9 Å². The van der Waals surface area contributed by atoms with Crippen LogP contribution in [0.3, 0.4) is 0 Å². The second-order valence-electron chi connectivity index (χ2n) is 4.01. The number of phenolic OH excluding ortho intramolecular Hbond substituents is 2. The maximum Gasteiger partial charge on any atom is 0.310 e. The van der Waals surface area contributed by atoms with Crippen molar-refractivity contribution >= 4 is 16.7 Å². The summed E-state index contributed by atoms with van der Waals surface area (Å²) < 4.78 is 0. The van der Waals surface area contributed by atoms with E-state index in [1.54, 1.807) is 25.1 Å². The molecular formula is C13H12O4. The van der Waals surface area contributed by atoms with Crippen LogP contribution in [-0.4, -0.2) is 21.3 Å². The average Bonchev–Trinajstić information content (AvgIpc) is 2.29. The molecule has 1 atom stereocenters. The molecule has 88 valence electrons. The molecule has 0 heterocycles. The number of hydrogen-bond acceptors (Lipinski definition) is 3. The SMILES string of the molecule is C[C@H](C(=O)O)c1ccc2cc(O)c(O)cc2c1. The minimum Gasteiger partial charge on any atom is -0.504 e. The molecule has 0 spiro atoms. The number of phenols is 2. The molecule has 0 saturated heterocycles. The number of aromatic hydroxyl groups is 2. The normalized spacial score (nSPS) is 12.5. The molecule has 0 aliphatic heterocycles. The summed E-state index contributed by atoms with van der Waals surface area (Å²) in [6.45, 7) is 1.60. The zero-order chi connectivity index (χ0) is 12.6. The van der Waals surface area contributed by atoms with Gasteiger partial charge in [0.1, 0.15) is 0 Å². The van der Waals surface area contributed by atoms with Gasteiger partial charge in [0, 0.05) is 0 Å². The predicted molar refractivity (Wildman–Crippen MR) is 63.3 cm³/mol. The Bertz CT molecular complexity index is 589. The standard InChI is InChI=1S/C13H12O4/c1-7(13(16)17)8-2-3-9-5-11(14)12(15)6-10(9)4-8/h2-7,14-15H,1H3,(H,16,17)/t7-/m0/s1. The summed E-state index contributed by atoms with van der Waals surface area (Å²) >= 11 is 0. The average molecular weight is 232 g/mol. The fourth-order valence-electron chi connectivity index (χ4n) is 1.70. The minimum atomic E-state index is -0.896. The van der Waals surface area contributed by atoms with Gasteiger partial charge in [-0.25, -0.2) is 0 Å². The van der Waals surface area contributed by atoms with E-state index in [0.717, 1.165) is 5.39 Å². The van der Waals surface area contributed by atoms with Gasteiger partial charge in [0.2, 0.25) is 0 Å². The molecule has 0 fully saturated rings. The van der Waals surface area contributed by atoms with Crippen LogP contribution in [0.25, 0.3) is 10.8 Å². The lowest BCUT2D eigenvalue weighted by molar-refractivity contribution is -0.138. The van der Waals surface area contributed by atoms with Crippen LogP contribution < -0.4 is 0 Å². The molecule has 2 rings (SSSR count). The van der Waals surface area contributed by atoms with Gasteiger partial charge in [0.25, 0.3) is 0 Å². The van der Waals surface area contributed by atoms with E-state index >= 15 is 0 Å². The van der Waals surface area contributed by atoms with E-state index in [1.165, 1.54) is 12.1 Å². The van der Waals surface area contributed by atoms with Crippen LogP contribution in [0.2, 0.25) is 0 Å². The zero-order valence-corrected chi connectivity index (χ0v) is 9.21. The molecule has 0 amide bonds. The largest absolute Gasteiger partial charge is 0.504 e. The number of aliphatic carboxylic acids is 1. The van der Waals surface area contributed by atoms with Crippen molar-refractivity contribution in [1.29, 1.82) is 0 Å². The van der Waals surface area contributed by atoms with Crippen LogP contribution in [-0.2, 0) is 4.79 Å². The molecule has 2 aromatic carbocycles. The van der Waals surface area contributed by atoms with E-state index in [4.69, 9.17) is 5.11 Å². The Hall–Kier alpha value is -2.23. The second-order valence-corrected chi connectivity index (χ2v) is 4.01. The third-order valence-electron chi connectivity index (χ3n) is 2.83. The predicted octanol–water partition coefficient (Wildman–Crippen LogP) is 2.44. The lowest BCUT2D eigenvalue weighted by Crippen LogP contribution is -2.06. The molecule has 0 saturated carbocycles. The quantitative estimate of drug-likeness (QED) is 0.695. The Morgan fingerprint density at radius 3 is 2.24 bits per heavy atom. The molecule has 0 bridgehead atoms. The van der Waals surface area contributed by atoms with Crippen LogP contribution in [0.5, 0.6) is 11.5 Å². The van der Waals surface area contributed by atoms with E-state index in [2.05, 4.69) is 0 Å². The maximum atomic E-state index is 10.9. The van der Waals surface area contributed by atoms with Crippen molar-refractivity contribution in [3.63, 3.8) is 0 Å². The van der Waals surface area contributed by atoms with Crippen LogP contribution in [0.15, 0.2) is 30.3 Å². The van der Waals surface area contributed by atoms with Gasteiger partial charge in [0.05, 0.1) is 5.92 Å². The van der Waals surface area contributed by atoms with E-state index in [-0.39, 0.29) is 11.5 Å². The zero-order valence-electron chi connectivity index (χ0n) is 9.21. The van der Waals surface area contributed by atoms with Crippen molar-refractivity contribution in [1.82, 2.24) is 0 Å². The third-order valence-corrected chi connectivity index (χ3v) is 2.83. The monoisotopic (exact) mass is 232 g/mol. The fourth-order valence-corrected chi connectivity index (χ4v) is 1.70. The number of rotatable bonds is 2. The van der Waals surface area contributed by atoms with Crippen LogP contribution in [0, 0.1) is 0 Å². The Labute approximate surface area is 97.8 Å². The van der Waals surface area contributed by atoms with Crippen molar-refractivity contribution in [2.45, 2.75) is 12.8 Å². The van der Waals surface area contributed by atoms with E-state index < -0.39 is 11.9 Å². The smallest absolute Gasteiger partial charge is 0.310 e. The van der Waals surface area contributed by atoms with E-state index in [0.29, 0.717) is 10.9 Å². The molecule has 0 unspecified atom stereocenters. The van der Waals surface area contributed by atoms with Crippen molar-refractivity contribution in [2.24, 2.45) is 0 Å². The van der Waals surface area contributed by atoms with Crippen molar-refractivity contribution in [2.75, 3.05) is 0 Å². The number of benzene rings is 2. The highest BCUT2D eigenvalue weighted by Gasteiger charge is 2.14. The molecule has 0 aromatic heterocycles. The lowest BCUT2D eigenvalue weighted by Gasteiger charge is -2.08. The molecule has 3 N–H and O–H groups in total. The topological polar surface area (TPSA) is 77.8 Å².